The van der Waals surface area contributed by atoms with Crippen molar-refractivity contribution in [3.63, 3.8) is 0 Å². The Labute approximate surface area is 236 Å². The first-order valence-electron chi connectivity index (χ1n) is 12.3. The molecule has 0 aliphatic carbocycles. The van der Waals surface area contributed by atoms with Gasteiger partial charge in [0.25, 0.3) is 0 Å². The van der Waals surface area contributed by atoms with Crippen molar-refractivity contribution in [2.75, 3.05) is 24.3 Å². The molecule has 9 nitrogen and oxygen atoms in total. The molecular formula is C25H38F3N3O6S2. The zero-order valence-corrected chi connectivity index (χ0v) is 23.9. The summed E-state index contributed by atoms with van der Waals surface area (Å²) in [5, 5.41) is 25.4. The van der Waals surface area contributed by atoms with E-state index < -0.39 is 42.1 Å². The minimum Gasteiger partial charge on any atom is -0.480 e. The molecule has 5 N–H and O–H groups in total. The van der Waals surface area contributed by atoms with Gasteiger partial charge in [-0.1, -0.05) is 50.6 Å². The number of carboxylic acid groups (broad SMARTS) is 2. The van der Waals surface area contributed by atoms with Crippen molar-refractivity contribution in [2.45, 2.75) is 63.8 Å². The standard InChI is InChI=1S/C23H37N3O4S2.C2HF3O2/c1-4-16(2)20(24-12-8-13-31)22(28)26-19(15-17-9-6-5-7-10-17)21(27)25-18(23(29)30)11-14-32-3;3-2(4,5)1(6)7/h5-7,9-10,16,18-20,24,31H,4,8,11-15H2,1-3H3,(H,25,27)(H,26,28)(H,29,30);(H,6,7)/t16-,18-,19-,20-;/m0./s1. The van der Waals surface area contributed by atoms with Gasteiger partial charge in [-0.2, -0.15) is 37.6 Å². The fourth-order valence-electron chi connectivity index (χ4n) is 3.21. The Hall–Kier alpha value is -2.45. The van der Waals surface area contributed by atoms with Crippen molar-refractivity contribution in [3.8, 4) is 0 Å². The van der Waals surface area contributed by atoms with Crippen LogP contribution in [-0.2, 0) is 25.6 Å². The molecular weight excluding hydrogens is 559 g/mol. The molecule has 0 saturated carbocycles. The van der Waals surface area contributed by atoms with Gasteiger partial charge in [0.2, 0.25) is 11.8 Å². The van der Waals surface area contributed by atoms with Crippen LogP contribution in [0.25, 0.3) is 0 Å². The third-order valence-electron chi connectivity index (χ3n) is 5.58. The summed E-state index contributed by atoms with van der Waals surface area (Å²) in [5.74, 6) is -3.19. The smallest absolute Gasteiger partial charge is 0.480 e. The van der Waals surface area contributed by atoms with Crippen molar-refractivity contribution < 1.29 is 42.6 Å². The predicted molar refractivity (Wildman–Crippen MR) is 148 cm³/mol. The van der Waals surface area contributed by atoms with Crippen molar-refractivity contribution in [1.82, 2.24) is 16.0 Å². The monoisotopic (exact) mass is 597 g/mol. The summed E-state index contributed by atoms with van der Waals surface area (Å²) in [4.78, 5) is 46.7. The number of rotatable bonds is 16. The van der Waals surface area contributed by atoms with Crippen LogP contribution in [0.1, 0.15) is 38.7 Å². The van der Waals surface area contributed by atoms with Crippen LogP contribution in [0, 0.1) is 5.92 Å². The van der Waals surface area contributed by atoms with Crippen molar-refractivity contribution in [3.05, 3.63) is 35.9 Å². The molecule has 0 aliphatic heterocycles. The topological polar surface area (TPSA) is 145 Å². The quantitative estimate of drug-likeness (QED) is 0.126. The van der Waals surface area contributed by atoms with E-state index in [0.717, 1.165) is 18.4 Å². The molecule has 0 radical (unpaired) electrons. The summed E-state index contributed by atoms with van der Waals surface area (Å²) >= 11 is 5.73. The van der Waals surface area contributed by atoms with Gasteiger partial charge in [0.15, 0.2) is 0 Å². The second kappa shape index (κ2) is 19.6. The molecule has 14 heteroatoms. The van der Waals surface area contributed by atoms with E-state index in [4.69, 9.17) is 9.90 Å². The normalized spacial score (nSPS) is 14.1. The lowest BCUT2D eigenvalue weighted by molar-refractivity contribution is -0.192. The number of thioether (sulfide) groups is 1. The molecule has 0 fully saturated rings. The number of thiol groups is 1. The van der Waals surface area contributed by atoms with Gasteiger partial charge in [-0.05, 0) is 48.6 Å². The van der Waals surface area contributed by atoms with Gasteiger partial charge in [-0.15, -0.1) is 0 Å². The lowest BCUT2D eigenvalue weighted by Crippen LogP contribution is -2.57. The minimum absolute atomic E-state index is 0.0729. The summed E-state index contributed by atoms with van der Waals surface area (Å²) in [6, 6.07) is 7.06. The molecule has 0 unspecified atom stereocenters. The molecule has 0 aliphatic rings. The molecule has 0 spiro atoms. The van der Waals surface area contributed by atoms with Gasteiger partial charge in [-0.3, -0.25) is 9.59 Å². The molecule has 0 heterocycles. The second-order valence-corrected chi connectivity index (χ2v) is 10.1. The van der Waals surface area contributed by atoms with Gasteiger partial charge >= 0.3 is 18.1 Å². The maximum Gasteiger partial charge on any atom is 0.490 e. The molecule has 0 bridgehead atoms. The second-order valence-electron chi connectivity index (χ2n) is 8.63. The molecule has 222 valence electrons. The van der Waals surface area contributed by atoms with Crippen molar-refractivity contribution in [2.24, 2.45) is 5.92 Å². The van der Waals surface area contributed by atoms with Gasteiger partial charge in [0.1, 0.15) is 12.1 Å². The number of hydrogen-bond donors (Lipinski definition) is 6. The van der Waals surface area contributed by atoms with E-state index in [1.165, 1.54) is 11.8 Å². The maximum absolute atomic E-state index is 13.1. The number of aliphatic carboxylic acids is 2. The van der Waals surface area contributed by atoms with Crippen LogP contribution >= 0.6 is 24.4 Å². The van der Waals surface area contributed by atoms with Crippen LogP contribution in [0.3, 0.4) is 0 Å². The van der Waals surface area contributed by atoms with E-state index in [2.05, 4.69) is 28.6 Å². The highest BCUT2D eigenvalue weighted by Crippen LogP contribution is 2.13. The van der Waals surface area contributed by atoms with E-state index in [1.807, 2.05) is 50.4 Å². The fourth-order valence-corrected chi connectivity index (χ4v) is 3.84. The first kappa shape index (κ1) is 36.5. The first-order chi connectivity index (χ1) is 18.3. The van der Waals surface area contributed by atoms with Gasteiger partial charge in [0.05, 0.1) is 6.04 Å². The Kier molecular flexibility index (Phi) is 18.4. The highest BCUT2D eigenvalue weighted by Gasteiger charge is 2.38. The number of nitrogens with one attached hydrogen (secondary N) is 3. The van der Waals surface area contributed by atoms with Gasteiger partial charge < -0.3 is 26.2 Å². The maximum atomic E-state index is 13.1. The highest BCUT2D eigenvalue weighted by molar-refractivity contribution is 7.98. The average molecular weight is 598 g/mol. The van der Waals surface area contributed by atoms with Crippen molar-refractivity contribution >= 4 is 48.1 Å². The Morgan fingerprint density at radius 3 is 2.05 bits per heavy atom. The van der Waals surface area contributed by atoms with Crippen LogP contribution in [0.5, 0.6) is 0 Å². The predicted octanol–water partition coefficient (Wildman–Crippen LogP) is 2.99. The number of carbonyl (C=O) groups excluding carboxylic acids is 2. The zero-order chi connectivity index (χ0) is 30.0. The van der Waals surface area contributed by atoms with Crippen molar-refractivity contribution in [1.29, 1.82) is 0 Å². The first-order valence-corrected chi connectivity index (χ1v) is 14.3. The Morgan fingerprint density at radius 1 is 1.03 bits per heavy atom. The fraction of sp³-hybridized carbons (Fsp3) is 0.600. The van der Waals surface area contributed by atoms with Crippen LogP contribution < -0.4 is 16.0 Å². The van der Waals surface area contributed by atoms with E-state index >= 15 is 0 Å². The average Bonchev–Trinajstić information content (AvgIpc) is 2.88. The summed E-state index contributed by atoms with van der Waals surface area (Å²) in [5.41, 5.74) is 0.882. The number of carboxylic acids is 2. The van der Waals surface area contributed by atoms with Gasteiger partial charge in [-0.25, -0.2) is 9.59 Å². The van der Waals surface area contributed by atoms with Crippen LogP contribution in [0.15, 0.2) is 30.3 Å². The minimum atomic E-state index is -5.08. The largest absolute Gasteiger partial charge is 0.490 e. The lowest BCUT2D eigenvalue weighted by atomic mass is 9.97. The molecule has 39 heavy (non-hydrogen) atoms. The third-order valence-corrected chi connectivity index (χ3v) is 6.54. The summed E-state index contributed by atoms with van der Waals surface area (Å²) < 4.78 is 31.7. The number of carbonyl (C=O) groups is 4. The molecule has 4 atom stereocenters. The van der Waals surface area contributed by atoms with Crippen LogP contribution in [0.4, 0.5) is 13.2 Å². The van der Waals surface area contributed by atoms with Crippen LogP contribution in [0.2, 0.25) is 0 Å². The highest BCUT2D eigenvalue weighted by atomic mass is 32.2. The molecule has 1 aromatic carbocycles. The van der Waals surface area contributed by atoms with E-state index in [0.29, 0.717) is 24.5 Å². The molecule has 0 aromatic heterocycles. The molecule has 2 amide bonds. The Morgan fingerprint density at radius 2 is 1.59 bits per heavy atom. The Bertz CT molecular complexity index is 894. The summed E-state index contributed by atoms with van der Waals surface area (Å²) in [6.45, 7) is 4.66. The molecule has 1 aromatic rings. The SMILES string of the molecule is CC[C@H](C)[C@H](NCCCS)C(=O)N[C@@H](Cc1ccccc1)C(=O)N[C@@H](CCSC)C(=O)O.O=C(O)C(F)(F)F. The Balaban J connectivity index is 0.00000181. The number of hydrogen-bond acceptors (Lipinski definition) is 7. The van der Waals surface area contributed by atoms with E-state index in [9.17, 15) is 32.7 Å². The summed E-state index contributed by atoms with van der Waals surface area (Å²) in [7, 11) is 0. The molecule has 0 saturated heterocycles. The number of amides is 2. The summed E-state index contributed by atoms with van der Waals surface area (Å²) in [6.07, 6.45) is -0.981. The van der Waals surface area contributed by atoms with E-state index in [1.54, 1.807) is 0 Å². The number of halogens is 3. The third kappa shape index (κ3) is 15.7. The zero-order valence-electron chi connectivity index (χ0n) is 22.2. The number of benzene rings is 1. The van der Waals surface area contributed by atoms with Gasteiger partial charge in [0, 0.05) is 6.42 Å². The lowest BCUT2D eigenvalue weighted by Gasteiger charge is -2.27. The van der Waals surface area contributed by atoms with E-state index in [-0.39, 0.29) is 18.2 Å². The molecule has 1 rings (SSSR count). The van der Waals surface area contributed by atoms with Crippen LogP contribution in [-0.4, -0.2) is 82.6 Å². The number of alkyl halides is 3.